The average Bonchev–Trinajstić information content (AvgIpc) is 3.34. The predicted molar refractivity (Wildman–Crippen MR) is 110 cm³/mol. The molecule has 27 heavy (non-hydrogen) atoms. The number of aromatic nitrogens is 1. The largest absolute Gasteiger partial charge is 0.376 e. The van der Waals surface area contributed by atoms with Crippen LogP contribution in [-0.2, 0) is 16.1 Å². The lowest BCUT2D eigenvalue weighted by molar-refractivity contribution is -0.119. The number of fused-ring (bicyclic) bond motifs is 1. The first-order valence-corrected chi connectivity index (χ1v) is 10.4. The zero-order chi connectivity index (χ0) is 18.5. The van der Waals surface area contributed by atoms with Gasteiger partial charge in [0.05, 0.1) is 11.9 Å². The topological polar surface area (TPSA) is 43.3 Å². The van der Waals surface area contributed by atoms with E-state index in [4.69, 9.17) is 4.74 Å². The number of nitrogens with one attached hydrogen (secondary N) is 1. The van der Waals surface area contributed by atoms with Crippen LogP contribution in [0.4, 0.5) is 0 Å². The summed E-state index contributed by atoms with van der Waals surface area (Å²) in [4.78, 5) is 13.4. The van der Waals surface area contributed by atoms with Crippen LogP contribution in [0.25, 0.3) is 10.9 Å². The molecule has 1 N–H and O–H groups in total. The third kappa shape index (κ3) is 4.54. The van der Waals surface area contributed by atoms with Gasteiger partial charge >= 0.3 is 0 Å². The smallest absolute Gasteiger partial charge is 0.230 e. The number of nitrogens with zero attached hydrogens (tertiary/aromatic N) is 1. The third-order valence-electron chi connectivity index (χ3n) is 4.86. The maximum Gasteiger partial charge on any atom is 0.230 e. The van der Waals surface area contributed by atoms with Crippen LogP contribution in [0.5, 0.6) is 0 Å². The molecule has 0 radical (unpaired) electrons. The Labute approximate surface area is 163 Å². The molecule has 1 aliphatic heterocycles. The Bertz CT molecular complexity index is 901. The quantitative estimate of drug-likeness (QED) is 0.628. The highest BCUT2D eigenvalue weighted by Crippen LogP contribution is 2.30. The van der Waals surface area contributed by atoms with Gasteiger partial charge < -0.3 is 14.6 Å². The highest BCUT2D eigenvalue weighted by molar-refractivity contribution is 8.00. The minimum absolute atomic E-state index is 0.0652. The molecule has 1 aromatic heterocycles. The molecule has 4 nitrogen and oxygen atoms in total. The summed E-state index contributed by atoms with van der Waals surface area (Å²) in [5.41, 5.74) is 2.47. The van der Waals surface area contributed by atoms with E-state index in [1.807, 2.05) is 6.07 Å². The van der Waals surface area contributed by atoms with Crippen molar-refractivity contribution in [3.8, 4) is 0 Å². The normalized spacial score (nSPS) is 16.7. The van der Waals surface area contributed by atoms with Crippen LogP contribution in [-0.4, -0.2) is 35.5 Å². The van der Waals surface area contributed by atoms with Gasteiger partial charge in [0, 0.05) is 41.7 Å². The first-order chi connectivity index (χ1) is 13.3. The molecule has 140 valence electrons. The van der Waals surface area contributed by atoms with Gasteiger partial charge in [-0.2, -0.15) is 0 Å². The number of hydrogen-bond acceptors (Lipinski definition) is 3. The molecule has 0 aliphatic carbocycles. The molecular formula is C22H24N2O2S. The standard InChI is InChI=1S/C22H24N2O2S/c25-22(23-13-18-9-6-12-26-18)16-27-21-15-24(14-17-7-2-1-3-8-17)20-11-5-4-10-19(20)21/h1-5,7-8,10-11,15,18H,6,9,12-14,16H2,(H,23,25). The lowest BCUT2D eigenvalue weighted by atomic mass is 10.2. The van der Waals surface area contributed by atoms with Crippen molar-refractivity contribution in [1.29, 1.82) is 0 Å². The van der Waals surface area contributed by atoms with Crippen molar-refractivity contribution >= 4 is 28.6 Å². The Morgan fingerprint density at radius 1 is 1.15 bits per heavy atom. The van der Waals surface area contributed by atoms with E-state index >= 15 is 0 Å². The van der Waals surface area contributed by atoms with Crippen LogP contribution in [0.3, 0.4) is 0 Å². The van der Waals surface area contributed by atoms with Gasteiger partial charge in [0.25, 0.3) is 0 Å². The number of amides is 1. The van der Waals surface area contributed by atoms with Crippen molar-refractivity contribution in [3.05, 3.63) is 66.4 Å². The summed E-state index contributed by atoms with van der Waals surface area (Å²) in [5.74, 6) is 0.488. The number of benzene rings is 2. The van der Waals surface area contributed by atoms with E-state index < -0.39 is 0 Å². The fourth-order valence-corrected chi connectivity index (χ4v) is 4.38. The summed E-state index contributed by atoms with van der Waals surface area (Å²) >= 11 is 1.60. The molecule has 4 rings (SSSR count). The molecule has 1 amide bonds. The van der Waals surface area contributed by atoms with Crippen molar-refractivity contribution in [2.45, 2.75) is 30.4 Å². The number of rotatable bonds is 7. The van der Waals surface area contributed by atoms with E-state index in [0.29, 0.717) is 12.3 Å². The fourth-order valence-electron chi connectivity index (χ4n) is 3.47. The van der Waals surface area contributed by atoms with Crippen LogP contribution in [0.2, 0.25) is 0 Å². The van der Waals surface area contributed by atoms with Crippen LogP contribution >= 0.6 is 11.8 Å². The average molecular weight is 381 g/mol. The van der Waals surface area contributed by atoms with Crippen molar-refractivity contribution in [2.24, 2.45) is 0 Å². The second-order valence-corrected chi connectivity index (χ2v) is 7.87. The summed E-state index contributed by atoms with van der Waals surface area (Å²) in [7, 11) is 0. The SMILES string of the molecule is O=C(CSc1cn(Cc2ccccc2)c2ccccc12)NCC1CCCO1. The Balaban J connectivity index is 1.43. The van der Waals surface area contributed by atoms with Crippen LogP contribution in [0.15, 0.2) is 65.7 Å². The molecule has 1 atom stereocenters. The molecule has 5 heteroatoms. The van der Waals surface area contributed by atoms with Crippen molar-refractivity contribution in [2.75, 3.05) is 18.9 Å². The molecule has 1 fully saturated rings. The van der Waals surface area contributed by atoms with Gasteiger partial charge in [0.1, 0.15) is 0 Å². The summed E-state index contributed by atoms with van der Waals surface area (Å²) in [5, 5.41) is 4.20. The fraction of sp³-hybridized carbons (Fsp3) is 0.318. The third-order valence-corrected chi connectivity index (χ3v) is 5.90. The Morgan fingerprint density at radius 3 is 2.78 bits per heavy atom. The molecule has 0 spiro atoms. The van der Waals surface area contributed by atoms with Gasteiger partial charge in [-0.15, -0.1) is 11.8 Å². The molecule has 0 saturated carbocycles. The lowest BCUT2D eigenvalue weighted by Crippen LogP contribution is -2.32. The van der Waals surface area contributed by atoms with E-state index in [2.05, 4.69) is 64.6 Å². The van der Waals surface area contributed by atoms with E-state index in [0.717, 1.165) is 30.9 Å². The monoisotopic (exact) mass is 380 g/mol. The van der Waals surface area contributed by atoms with Gasteiger partial charge in [0.15, 0.2) is 0 Å². The summed E-state index contributed by atoms with van der Waals surface area (Å²) in [6, 6.07) is 18.8. The molecule has 3 aromatic rings. The number of para-hydroxylation sites is 1. The number of thioether (sulfide) groups is 1. The Hall–Kier alpha value is -2.24. The van der Waals surface area contributed by atoms with E-state index in [-0.39, 0.29) is 12.0 Å². The molecule has 0 bridgehead atoms. The second kappa shape index (κ2) is 8.63. The van der Waals surface area contributed by atoms with Gasteiger partial charge in [-0.3, -0.25) is 4.79 Å². The van der Waals surface area contributed by atoms with Crippen LogP contribution in [0.1, 0.15) is 18.4 Å². The molecule has 1 saturated heterocycles. The maximum atomic E-state index is 12.2. The number of carbonyl (C=O) groups is 1. The van der Waals surface area contributed by atoms with E-state index in [1.165, 1.54) is 16.5 Å². The highest BCUT2D eigenvalue weighted by atomic mass is 32.2. The van der Waals surface area contributed by atoms with Crippen molar-refractivity contribution in [1.82, 2.24) is 9.88 Å². The van der Waals surface area contributed by atoms with Crippen LogP contribution in [0, 0.1) is 0 Å². The summed E-state index contributed by atoms with van der Waals surface area (Å²) in [6.45, 7) is 2.26. The second-order valence-electron chi connectivity index (χ2n) is 6.85. The minimum atomic E-state index is 0.0652. The summed E-state index contributed by atoms with van der Waals surface area (Å²) in [6.07, 6.45) is 4.48. The van der Waals surface area contributed by atoms with Gasteiger partial charge in [-0.25, -0.2) is 0 Å². The highest BCUT2D eigenvalue weighted by Gasteiger charge is 2.16. The number of hydrogen-bond donors (Lipinski definition) is 1. The first-order valence-electron chi connectivity index (χ1n) is 9.42. The molecular weight excluding hydrogens is 356 g/mol. The lowest BCUT2D eigenvalue weighted by Gasteiger charge is -2.10. The van der Waals surface area contributed by atoms with Crippen molar-refractivity contribution in [3.63, 3.8) is 0 Å². The molecule has 1 unspecified atom stereocenters. The van der Waals surface area contributed by atoms with Crippen LogP contribution < -0.4 is 5.32 Å². The number of ether oxygens (including phenoxy) is 1. The maximum absolute atomic E-state index is 12.2. The summed E-state index contributed by atoms with van der Waals surface area (Å²) < 4.78 is 7.82. The van der Waals surface area contributed by atoms with Gasteiger partial charge in [-0.05, 0) is 24.5 Å². The zero-order valence-electron chi connectivity index (χ0n) is 15.3. The number of carbonyl (C=O) groups excluding carboxylic acids is 1. The van der Waals surface area contributed by atoms with Gasteiger partial charge in [-0.1, -0.05) is 48.5 Å². The van der Waals surface area contributed by atoms with Crippen molar-refractivity contribution < 1.29 is 9.53 Å². The first kappa shape index (κ1) is 18.1. The van der Waals surface area contributed by atoms with E-state index in [1.54, 1.807) is 11.8 Å². The predicted octanol–water partition coefficient (Wildman–Crippen LogP) is 4.08. The minimum Gasteiger partial charge on any atom is -0.376 e. The van der Waals surface area contributed by atoms with Gasteiger partial charge in [0.2, 0.25) is 5.91 Å². The Morgan fingerprint density at radius 2 is 1.96 bits per heavy atom. The molecule has 1 aliphatic rings. The Kier molecular flexibility index (Phi) is 5.80. The van der Waals surface area contributed by atoms with E-state index in [9.17, 15) is 4.79 Å². The molecule has 2 heterocycles. The molecule has 2 aromatic carbocycles. The zero-order valence-corrected chi connectivity index (χ0v) is 16.1.